The van der Waals surface area contributed by atoms with Crippen molar-refractivity contribution in [2.45, 2.75) is 13.8 Å². The van der Waals surface area contributed by atoms with Crippen LogP contribution in [-0.4, -0.2) is 31.2 Å². The smallest absolute Gasteiger partial charge is 0.129 e. The van der Waals surface area contributed by atoms with E-state index in [0.717, 1.165) is 32.0 Å². The van der Waals surface area contributed by atoms with E-state index in [-0.39, 0.29) is 0 Å². The van der Waals surface area contributed by atoms with Gasteiger partial charge in [-0.2, -0.15) is 0 Å². The summed E-state index contributed by atoms with van der Waals surface area (Å²) in [5.74, 6) is 1.11. The van der Waals surface area contributed by atoms with Crippen LogP contribution in [0.4, 0.5) is 5.82 Å². The first-order valence-electron chi connectivity index (χ1n) is 6.57. The fraction of sp³-hybridized carbons (Fsp3) is 0.400. The molecule has 2 heterocycles. The lowest BCUT2D eigenvalue weighted by Gasteiger charge is -2.28. The van der Waals surface area contributed by atoms with Crippen molar-refractivity contribution >= 4 is 16.6 Å². The summed E-state index contributed by atoms with van der Waals surface area (Å²) in [5.41, 5.74) is 2.63. The van der Waals surface area contributed by atoms with Gasteiger partial charge in [-0.25, -0.2) is 4.98 Å². The van der Waals surface area contributed by atoms with Crippen molar-refractivity contribution in [3.05, 3.63) is 35.5 Å². The number of nitrogens with zero attached hydrogens (tertiary/aromatic N) is 2. The van der Waals surface area contributed by atoms with E-state index in [1.165, 1.54) is 21.9 Å². The monoisotopic (exact) mass is 241 g/mol. The quantitative estimate of drug-likeness (QED) is 0.830. The Kier molecular flexibility index (Phi) is 2.92. The maximum absolute atomic E-state index is 4.63. The molecule has 2 aromatic rings. The molecule has 0 spiro atoms. The third-order valence-electron chi connectivity index (χ3n) is 3.76. The topological polar surface area (TPSA) is 28.2 Å². The molecule has 1 aliphatic heterocycles. The normalized spacial score (nSPS) is 16.2. The van der Waals surface area contributed by atoms with Crippen molar-refractivity contribution in [3.8, 4) is 0 Å². The summed E-state index contributed by atoms with van der Waals surface area (Å²) >= 11 is 0. The van der Waals surface area contributed by atoms with Crippen LogP contribution in [0.3, 0.4) is 0 Å². The highest BCUT2D eigenvalue weighted by molar-refractivity contribution is 5.89. The second-order valence-corrected chi connectivity index (χ2v) is 5.02. The zero-order valence-electron chi connectivity index (χ0n) is 11.0. The average molecular weight is 241 g/mol. The highest BCUT2D eigenvalue weighted by atomic mass is 15.2. The third-order valence-corrected chi connectivity index (χ3v) is 3.76. The SMILES string of the molecule is Cc1ccc(C)c2cc(N3CCNCC3)ncc12. The van der Waals surface area contributed by atoms with Gasteiger partial charge in [0.1, 0.15) is 5.82 Å². The molecule has 94 valence electrons. The Morgan fingerprint density at radius 1 is 1.06 bits per heavy atom. The van der Waals surface area contributed by atoms with Gasteiger partial charge in [-0.1, -0.05) is 12.1 Å². The van der Waals surface area contributed by atoms with Gasteiger partial charge < -0.3 is 10.2 Å². The van der Waals surface area contributed by atoms with Gasteiger partial charge in [0, 0.05) is 37.8 Å². The molecule has 0 amide bonds. The minimum atomic E-state index is 1.05. The van der Waals surface area contributed by atoms with E-state index >= 15 is 0 Å². The predicted octanol–water partition coefficient (Wildman–Crippen LogP) is 2.26. The summed E-state index contributed by atoms with van der Waals surface area (Å²) in [6, 6.07) is 6.60. The van der Waals surface area contributed by atoms with Crippen molar-refractivity contribution in [2.24, 2.45) is 0 Å². The molecule has 0 radical (unpaired) electrons. The second-order valence-electron chi connectivity index (χ2n) is 5.02. The van der Waals surface area contributed by atoms with Crippen molar-refractivity contribution in [1.82, 2.24) is 10.3 Å². The van der Waals surface area contributed by atoms with Gasteiger partial charge in [-0.05, 0) is 36.4 Å². The molecular formula is C15H19N3. The molecular weight excluding hydrogens is 222 g/mol. The summed E-state index contributed by atoms with van der Waals surface area (Å²) in [4.78, 5) is 6.99. The lowest BCUT2D eigenvalue weighted by atomic mass is 10.0. The zero-order valence-corrected chi connectivity index (χ0v) is 11.0. The van der Waals surface area contributed by atoms with Crippen LogP contribution < -0.4 is 10.2 Å². The van der Waals surface area contributed by atoms with Gasteiger partial charge in [0.15, 0.2) is 0 Å². The average Bonchev–Trinajstić information content (AvgIpc) is 2.44. The van der Waals surface area contributed by atoms with Gasteiger partial charge in [-0.3, -0.25) is 0 Å². The molecule has 3 nitrogen and oxygen atoms in total. The molecule has 0 aliphatic carbocycles. The van der Waals surface area contributed by atoms with Crippen LogP contribution in [0.25, 0.3) is 10.8 Å². The zero-order chi connectivity index (χ0) is 12.5. The Hall–Kier alpha value is -1.61. The number of nitrogens with one attached hydrogen (secondary N) is 1. The Labute approximate surface area is 108 Å². The number of fused-ring (bicyclic) bond motifs is 1. The van der Waals surface area contributed by atoms with Gasteiger partial charge in [0.2, 0.25) is 0 Å². The number of anilines is 1. The third kappa shape index (κ3) is 1.95. The maximum atomic E-state index is 4.63. The van der Waals surface area contributed by atoms with Crippen LogP contribution in [0.15, 0.2) is 24.4 Å². The molecule has 0 bridgehead atoms. The molecule has 1 aromatic carbocycles. The molecule has 1 fully saturated rings. The van der Waals surface area contributed by atoms with Crippen LogP contribution >= 0.6 is 0 Å². The van der Waals surface area contributed by atoms with Crippen LogP contribution in [0.5, 0.6) is 0 Å². The Balaban J connectivity index is 2.07. The Morgan fingerprint density at radius 3 is 2.44 bits per heavy atom. The van der Waals surface area contributed by atoms with Gasteiger partial charge >= 0.3 is 0 Å². The first kappa shape index (κ1) is 11.5. The van der Waals surface area contributed by atoms with Crippen molar-refractivity contribution in [3.63, 3.8) is 0 Å². The number of aryl methyl sites for hydroxylation is 2. The van der Waals surface area contributed by atoms with E-state index < -0.39 is 0 Å². The second kappa shape index (κ2) is 4.58. The molecule has 3 heteroatoms. The van der Waals surface area contributed by atoms with Gasteiger partial charge in [0.05, 0.1) is 0 Å². The standard InChI is InChI=1S/C15H19N3/c1-11-3-4-12(2)14-10-17-15(9-13(11)14)18-7-5-16-6-8-18/h3-4,9-10,16H,5-8H2,1-2H3. The lowest BCUT2D eigenvalue weighted by Crippen LogP contribution is -2.43. The minimum Gasteiger partial charge on any atom is -0.354 e. The highest BCUT2D eigenvalue weighted by Gasteiger charge is 2.12. The van der Waals surface area contributed by atoms with Crippen LogP contribution in [0, 0.1) is 13.8 Å². The Bertz CT molecular complexity index is 571. The summed E-state index contributed by atoms with van der Waals surface area (Å²) in [6.45, 7) is 8.50. The van der Waals surface area contributed by atoms with Crippen LogP contribution in [-0.2, 0) is 0 Å². The van der Waals surface area contributed by atoms with E-state index in [2.05, 4.69) is 47.2 Å². The van der Waals surface area contributed by atoms with Gasteiger partial charge in [-0.15, -0.1) is 0 Å². The summed E-state index contributed by atoms with van der Waals surface area (Å²) in [6.07, 6.45) is 2.02. The number of hydrogen-bond acceptors (Lipinski definition) is 3. The van der Waals surface area contributed by atoms with E-state index in [9.17, 15) is 0 Å². The maximum Gasteiger partial charge on any atom is 0.129 e. The number of pyridine rings is 1. The van der Waals surface area contributed by atoms with Crippen molar-refractivity contribution in [1.29, 1.82) is 0 Å². The summed E-state index contributed by atoms with van der Waals surface area (Å²) in [5, 5.41) is 5.98. The summed E-state index contributed by atoms with van der Waals surface area (Å²) in [7, 11) is 0. The van der Waals surface area contributed by atoms with E-state index in [4.69, 9.17) is 0 Å². The highest BCUT2D eigenvalue weighted by Crippen LogP contribution is 2.25. The van der Waals surface area contributed by atoms with E-state index in [0.29, 0.717) is 0 Å². The minimum absolute atomic E-state index is 1.05. The number of rotatable bonds is 1. The summed E-state index contributed by atoms with van der Waals surface area (Å²) < 4.78 is 0. The van der Waals surface area contributed by atoms with Crippen LogP contribution in [0.1, 0.15) is 11.1 Å². The molecule has 1 saturated heterocycles. The fourth-order valence-electron chi connectivity index (χ4n) is 2.58. The van der Waals surface area contributed by atoms with Crippen molar-refractivity contribution < 1.29 is 0 Å². The molecule has 0 atom stereocenters. The van der Waals surface area contributed by atoms with Gasteiger partial charge in [0.25, 0.3) is 0 Å². The Morgan fingerprint density at radius 2 is 1.72 bits per heavy atom. The van der Waals surface area contributed by atoms with E-state index in [1.54, 1.807) is 0 Å². The molecule has 1 aromatic heterocycles. The lowest BCUT2D eigenvalue weighted by molar-refractivity contribution is 0.585. The predicted molar refractivity (Wildman–Crippen MR) is 76.3 cm³/mol. The largest absolute Gasteiger partial charge is 0.354 e. The molecule has 3 rings (SSSR count). The molecule has 1 N–H and O–H groups in total. The first-order valence-corrected chi connectivity index (χ1v) is 6.57. The molecule has 0 unspecified atom stereocenters. The molecule has 1 aliphatic rings. The fourth-order valence-corrected chi connectivity index (χ4v) is 2.58. The number of hydrogen-bond donors (Lipinski definition) is 1. The molecule has 0 saturated carbocycles. The number of benzene rings is 1. The van der Waals surface area contributed by atoms with Crippen LogP contribution in [0.2, 0.25) is 0 Å². The first-order chi connectivity index (χ1) is 8.75. The van der Waals surface area contributed by atoms with E-state index in [1.807, 2.05) is 6.20 Å². The van der Waals surface area contributed by atoms with Crippen molar-refractivity contribution in [2.75, 3.05) is 31.1 Å². The number of aromatic nitrogens is 1. The molecule has 18 heavy (non-hydrogen) atoms. The number of piperazine rings is 1.